The molecule has 0 saturated heterocycles. The van der Waals surface area contributed by atoms with Crippen LogP contribution in [0.1, 0.15) is 23.7 Å². The second-order valence-corrected chi connectivity index (χ2v) is 4.21. The molecule has 0 atom stereocenters. The number of halogens is 1. The molecule has 0 spiro atoms. The summed E-state index contributed by atoms with van der Waals surface area (Å²) in [6, 6.07) is 7.53. The third-order valence-corrected chi connectivity index (χ3v) is 2.68. The maximum absolute atomic E-state index is 11.7. The van der Waals surface area contributed by atoms with E-state index in [2.05, 4.69) is 15.5 Å². The molecule has 3 N–H and O–H groups in total. The van der Waals surface area contributed by atoms with Gasteiger partial charge in [0.25, 0.3) is 0 Å². The fraction of sp³-hybridized carbons (Fsp3) is 0.308. The van der Waals surface area contributed by atoms with Crippen LogP contribution in [0.25, 0.3) is 0 Å². The lowest BCUT2D eigenvalue weighted by atomic mass is 10.1. The van der Waals surface area contributed by atoms with Crippen molar-refractivity contribution in [1.29, 1.82) is 0 Å². The van der Waals surface area contributed by atoms with Gasteiger partial charge < -0.3 is 15.6 Å². The fourth-order valence-electron chi connectivity index (χ4n) is 1.68. The minimum absolute atomic E-state index is 0. The summed E-state index contributed by atoms with van der Waals surface area (Å²) in [4.78, 5) is 15.7. The molecule has 6 nitrogen and oxygen atoms in total. The number of rotatable bonds is 5. The number of carbonyl (C=O) groups excluding carboxylic acids is 1. The summed E-state index contributed by atoms with van der Waals surface area (Å²) in [7, 11) is 0. The summed E-state index contributed by atoms with van der Waals surface area (Å²) >= 11 is 0. The highest BCUT2D eigenvalue weighted by Gasteiger charge is 2.07. The summed E-state index contributed by atoms with van der Waals surface area (Å²) in [6.07, 6.45) is 0.989. The third kappa shape index (κ3) is 4.55. The smallest absolute Gasteiger partial charge is 0.246 e. The Balaban J connectivity index is 0.00000200. The van der Waals surface area contributed by atoms with Crippen molar-refractivity contribution in [2.24, 2.45) is 0 Å². The van der Waals surface area contributed by atoms with Crippen molar-refractivity contribution in [2.45, 2.75) is 26.3 Å². The van der Waals surface area contributed by atoms with Crippen LogP contribution in [0.5, 0.6) is 0 Å². The molecule has 0 bridgehead atoms. The Hall–Kier alpha value is -2.08. The predicted molar refractivity (Wildman–Crippen MR) is 77.3 cm³/mol. The average molecular weight is 297 g/mol. The summed E-state index contributed by atoms with van der Waals surface area (Å²) in [6.45, 7) is 1.98. The molecular weight excluding hydrogens is 280 g/mol. The van der Waals surface area contributed by atoms with Crippen molar-refractivity contribution in [2.75, 3.05) is 5.73 Å². The molecule has 0 saturated carbocycles. The zero-order valence-electron chi connectivity index (χ0n) is 11.1. The highest BCUT2D eigenvalue weighted by Crippen LogP contribution is 2.12. The largest absolute Gasteiger partial charge is 0.399 e. The molecule has 0 aliphatic heterocycles. The van der Waals surface area contributed by atoms with Gasteiger partial charge in [-0.15, -0.1) is 12.4 Å². The number of benzene rings is 1. The molecule has 1 heterocycles. The highest BCUT2D eigenvalue weighted by molar-refractivity contribution is 5.85. The molecule has 20 heavy (non-hydrogen) atoms. The van der Waals surface area contributed by atoms with Crippen LogP contribution < -0.4 is 11.1 Å². The fourth-order valence-corrected chi connectivity index (χ4v) is 1.68. The minimum atomic E-state index is -0.0703. The first-order valence-electron chi connectivity index (χ1n) is 6.04. The van der Waals surface area contributed by atoms with E-state index >= 15 is 0 Å². The van der Waals surface area contributed by atoms with E-state index in [-0.39, 0.29) is 24.9 Å². The summed E-state index contributed by atoms with van der Waals surface area (Å²) in [5, 5.41) is 6.37. The van der Waals surface area contributed by atoms with Gasteiger partial charge in [-0.1, -0.05) is 23.4 Å². The molecule has 0 aliphatic carbocycles. The van der Waals surface area contributed by atoms with Crippen molar-refractivity contribution < 1.29 is 9.32 Å². The standard InChI is InChI=1S/C13H16N4O2.ClH/c1-9-16-13(19-17-9)8-15-12(18)7-6-10-4-2-3-5-11(10)14;/h2-5H,6-8,14H2,1H3,(H,15,18);1H. The Morgan fingerprint density at radius 2 is 2.15 bits per heavy atom. The van der Waals surface area contributed by atoms with E-state index in [9.17, 15) is 4.79 Å². The van der Waals surface area contributed by atoms with Crippen LogP contribution in [0, 0.1) is 6.92 Å². The van der Waals surface area contributed by atoms with Crippen LogP contribution in [-0.4, -0.2) is 16.0 Å². The number of para-hydroxylation sites is 1. The number of anilines is 1. The lowest BCUT2D eigenvalue weighted by Crippen LogP contribution is -2.23. The number of nitrogens with zero attached hydrogens (tertiary/aromatic N) is 2. The van der Waals surface area contributed by atoms with Crippen LogP contribution >= 0.6 is 12.4 Å². The predicted octanol–water partition coefficient (Wildman–Crippen LogP) is 1.63. The number of nitrogens with one attached hydrogen (secondary N) is 1. The number of carbonyl (C=O) groups is 1. The number of hydrogen-bond donors (Lipinski definition) is 2. The SMILES string of the molecule is Cc1noc(CNC(=O)CCc2ccccc2N)n1.Cl. The molecule has 1 aromatic carbocycles. The van der Waals surface area contributed by atoms with Gasteiger partial charge in [0.2, 0.25) is 11.8 Å². The normalized spacial score (nSPS) is 9.85. The van der Waals surface area contributed by atoms with E-state index in [1.54, 1.807) is 6.92 Å². The number of nitrogens with two attached hydrogens (primary N) is 1. The number of hydrogen-bond acceptors (Lipinski definition) is 5. The number of amides is 1. The topological polar surface area (TPSA) is 94.0 Å². The Morgan fingerprint density at radius 3 is 2.80 bits per heavy atom. The van der Waals surface area contributed by atoms with Gasteiger partial charge in [0, 0.05) is 12.1 Å². The Bertz CT molecular complexity index is 571. The Morgan fingerprint density at radius 1 is 1.40 bits per heavy atom. The first-order chi connectivity index (χ1) is 9.15. The maximum Gasteiger partial charge on any atom is 0.246 e. The van der Waals surface area contributed by atoms with Gasteiger partial charge >= 0.3 is 0 Å². The van der Waals surface area contributed by atoms with Crippen molar-refractivity contribution >= 4 is 24.0 Å². The van der Waals surface area contributed by atoms with E-state index in [0.29, 0.717) is 30.2 Å². The first-order valence-corrected chi connectivity index (χ1v) is 6.04. The second kappa shape index (κ2) is 7.49. The van der Waals surface area contributed by atoms with Crippen LogP contribution in [0.15, 0.2) is 28.8 Å². The van der Waals surface area contributed by atoms with Crippen LogP contribution in [0.3, 0.4) is 0 Å². The summed E-state index contributed by atoms with van der Waals surface area (Å²) in [5.74, 6) is 0.894. The van der Waals surface area contributed by atoms with E-state index in [0.717, 1.165) is 5.56 Å². The maximum atomic E-state index is 11.7. The van der Waals surface area contributed by atoms with E-state index < -0.39 is 0 Å². The van der Waals surface area contributed by atoms with Crippen molar-refractivity contribution in [3.05, 3.63) is 41.5 Å². The Labute approximate surface area is 123 Å². The number of aryl methyl sites for hydroxylation is 2. The van der Waals surface area contributed by atoms with Crippen LogP contribution in [0.4, 0.5) is 5.69 Å². The Kier molecular flexibility index (Phi) is 5.99. The van der Waals surface area contributed by atoms with E-state index in [1.807, 2.05) is 24.3 Å². The van der Waals surface area contributed by atoms with Gasteiger partial charge in [0.15, 0.2) is 5.82 Å². The summed E-state index contributed by atoms with van der Waals surface area (Å²) < 4.78 is 4.90. The van der Waals surface area contributed by atoms with Crippen molar-refractivity contribution in [1.82, 2.24) is 15.5 Å². The molecule has 0 fully saturated rings. The van der Waals surface area contributed by atoms with Gasteiger partial charge in [-0.25, -0.2) is 0 Å². The molecule has 1 aromatic heterocycles. The van der Waals surface area contributed by atoms with Crippen LogP contribution in [0.2, 0.25) is 0 Å². The molecule has 0 aliphatic rings. The van der Waals surface area contributed by atoms with Gasteiger partial charge in [-0.2, -0.15) is 4.98 Å². The molecular formula is C13H17ClN4O2. The first kappa shape index (κ1) is 16.0. The monoisotopic (exact) mass is 296 g/mol. The second-order valence-electron chi connectivity index (χ2n) is 4.21. The molecule has 7 heteroatoms. The highest BCUT2D eigenvalue weighted by atomic mass is 35.5. The zero-order valence-corrected chi connectivity index (χ0v) is 11.9. The van der Waals surface area contributed by atoms with Crippen molar-refractivity contribution in [3.63, 3.8) is 0 Å². The molecule has 2 aromatic rings. The zero-order chi connectivity index (χ0) is 13.7. The van der Waals surface area contributed by atoms with Gasteiger partial charge in [0.1, 0.15) is 0 Å². The molecule has 1 amide bonds. The molecule has 108 valence electrons. The minimum Gasteiger partial charge on any atom is -0.399 e. The molecule has 2 rings (SSSR count). The summed E-state index contributed by atoms with van der Waals surface area (Å²) in [5.41, 5.74) is 7.50. The van der Waals surface area contributed by atoms with Gasteiger partial charge in [-0.05, 0) is 25.0 Å². The van der Waals surface area contributed by atoms with E-state index in [1.165, 1.54) is 0 Å². The molecule has 0 unspecified atom stereocenters. The van der Waals surface area contributed by atoms with Crippen molar-refractivity contribution in [3.8, 4) is 0 Å². The van der Waals surface area contributed by atoms with Gasteiger partial charge in [-0.3, -0.25) is 4.79 Å². The van der Waals surface area contributed by atoms with Crippen LogP contribution in [-0.2, 0) is 17.8 Å². The third-order valence-electron chi connectivity index (χ3n) is 2.68. The average Bonchev–Trinajstić information content (AvgIpc) is 2.81. The number of nitrogen functional groups attached to an aromatic ring is 1. The quantitative estimate of drug-likeness (QED) is 0.818. The lowest BCUT2D eigenvalue weighted by molar-refractivity contribution is -0.121. The number of aromatic nitrogens is 2. The van der Waals surface area contributed by atoms with E-state index in [4.69, 9.17) is 10.3 Å². The molecule has 0 radical (unpaired) electrons. The van der Waals surface area contributed by atoms with Gasteiger partial charge in [0.05, 0.1) is 6.54 Å². The lowest BCUT2D eigenvalue weighted by Gasteiger charge is -2.05.